The Hall–Kier alpha value is -0.0151. The van der Waals surface area contributed by atoms with Crippen molar-refractivity contribution in [3.63, 3.8) is 0 Å². The van der Waals surface area contributed by atoms with Crippen LogP contribution in [0.4, 0.5) is 0 Å². The monoisotopic (exact) mass is 156 g/mol. The van der Waals surface area contributed by atoms with E-state index >= 15 is 0 Å². The van der Waals surface area contributed by atoms with E-state index in [0.717, 1.165) is 6.61 Å². The van der Waals surface area contributed by atoms with Crippen LogP contribution in [0.5, 0.6) is 0 Å². The van der Waals surface area contributed by atoms with Gasteiger partial charge in [-0.05, 0) is 12.7 Å². The molecule has 0 aromatic rings. The van der Waals surface area contributed by atoms with Crippen LogP contribution in [-0.4, -0.2) is 19.8 Å². The van der Waals surface area contributed by atoms with Crippen LogP contribution in [0, 0.1) is 5.92 Å². The summed E-state index contributed by atoms with van der Waals surface area (Å²) in [6.07, 6.45) is 0.344. The highest BCUT2D eigenvalue weighted by molar-refractivity contribution is 6.46. The third kappa shape index (κ3) is 2.21. The molecule has 1 aliphatic heterocycles. The van der Waals surface area contributed by atoms with Gasteiger partial charge in [-0.1, -0.05) is 20.8 Å². The van der Waals surface area contributed by atoms with Gasteiger partial charge in [-0.15, -0.1) is 0 Å². The Balaban J connectivity index is 2.40. The van der Waals surface area contributed by atoms with Crippen LogP contribution in [0.1, 0.15) is 27.7 Å². The van der Waals surface area contributed by atoms with Crippen molar-refractivity contribution in [2.75, 3.05) is 6.61 Å². The fourth-order valence-corrected chi connectivity index (χ4v) is 1.12. The van der Waals surface area contributed by atoms with E-state index in [9.17, 15) is 0 Å². The maximum Gasteiger partial charge on any atom is 0.459 e. The van der Waals surface area contributed by atoms with Gasteiger partial charge in [0.2, 0.25) is 0 Å². The fraction of sp³-hybridized carbons (Fsp3) is 1.00. The van der Waals surface area contributed by atoms with Crippen LogP contribution in [-0.2, 0) is 9.31 Å². The first kappa shape index (κ1) is 9.08. The van der Waals surface area contributed by atoms with Gasteiger partial charge in [-0.25, -0.2) is 0 Å². The predicted octanol–water partition coefficient (Wildman–Crippen LogP) is 1.96. The molecule has 3 heteroatoms. The van der Waals surface area contributed by atoms with Crippen molar-refractivity contribution >= 4 is 7.12 Å². The molecule has 1 heterocycles. The second-order valence-electron chi connectivity index (χ2n) is 3.76. The molecule has 2 nitrogen and oxygen atoms in total. The van der Waals surface area contributed by atoms with Gasteiger partial charge >= 0.3 is 7.12 Å². The topological polar surface area (TPSA) is 18.5 Å². The highest BCUT2D eigenvalue weighted by atomic mass is 16.6. The summed E-state index contributed by atoms with van der Waals surface area (Å²) in [5.41, 5.74) is 0. The SMILES string of the molecule is CC(C)B1OC[C@@H](C)[C@@H](C)O1. The minimum absolute atomic E-state index is 0.0150. The molecule has 0 amide bonds. The molecule has 0 N–H and O–H groups in total. The molecule has 2 atom stereocenters. The van der Waals surface area contributed by atoms with Gasteiger partial charge in [0.25, 0.3) is 0 Å². The van der Waals surface area contributed by atoms with Gasteiger partial charge in [-0.2, -0.15) is 0 Å². The summed E-state index contributed by atoms with van der Waals surface area (Å²) >= 11 is 0. The smallest absolute Gasteiger partial charge is 0.411 e. The van der Waals surface area contributed by atoms with E-state index in [2.05, 4.69) is 27.7 Å². The summed E-state index contributed by atoms with van der Waals surface area (Å²) in [4.78, 5) is 0. The average Bonchev–Trinajstić information content (AvgIpc) is 1.94. The van der Waals surface area contributed by atoms with Crippen molar-refractivity contribution in [1.82, 2.24) is 0 Å². The lowest BCUT2D eigenvalue weighted by atomic mass is 9.72. The lowest BCUT2D eigenvalue weighted by molar-refractivity contribution is 0.0278. The first-order chi connectivity index (χ1) is 5.11. The maximum absolute atomic E-state index is 5.64. The molecular formula is C8H17BO2. The summed E-state index contributed by atoms with van der Waals surface area (Å²) in [5.74, 6) is 0.995. The van der Waals surface area contributed by atoms with E-state index in [4.69, 9.17) is 9.31 Å². The molecule has 1 rings (SSSR count). The minimum atomic E-state index is 0.0150. The van der Waals surface area contributed by atoms with Crippen LogP contribution in [0.2, 0.25) is 5.82 Å². The third-order valence-corrected chi connectivity index (χ3v) is 2.22. The Labute approximate surface area is 69.4 Å². The van der Waals surface area contributed by atoms with Crippen molar-refractivity contribution in [3.05, 3.63) is 0 Å². The number of hydrogen-bond acceptors (Lipinski definition) is 2. The zero-order chi connectivity index (χ0) is 8.43. The first-order valence-corrected chi connectivity index (χ1v) is 4.38. The Kier molecular flexibility index (Phi) is 2.96. The molecule has 0 spiro atoms. The standard InChI is InChI=1S/C8H17BO2/c1-6(2)9-10-5-7(3)8(4)11-9/h6-8H,5H2,1-4H3/t7-,8-/m1/s1. The third-order valence-electron chi connectivity index (χ3n) is 2.22. The van der Waals surface area contributed by atoms with Crippen molar-refractivity contribution < 1.29 is 9.31 Å². The molecule has 0 radical (unpaired) electrons. The summed E-state index contributed by atoms with van der Waals surface area (Å²) in [5, 5.41) is 0. The molecule has 0 unspecified atom stereocenters. The molecular weight excluding hydrogens is 139 g/mol. The van der Waals surface area contributed by atoms with Gasteiger partial charge in [0.05, 0.1) is 0 Å². The second-order valence-corrected chi connectivity index (χ2v) is 3.76. The molecule has 64 valence electrons. The first-order valence-electron chi connectivity index (χ1n) is 4.38. The average molecular weight is 156 g/mol. The molecule has 1 aliphatic rings. The van der Waals surface area contributed by atoms with Crippen LogP contribution in [0.15, 0.2) is 0 Å². The fourth-order valence-electron chi connectivity index (χ4n) is 1.12. The van der Waals surface area contributed by atoms with E-state index in [-0.39, 0.29) is 7.12 Å². The molecule has 1 saturated heterocycles. The van der Waals surface area contributed by atoms with Crippen molar-refractivity contribution in [2.45, 2.75) is 39.6 Å². The molecule has 0 bridgehead atoms. The molecule has 0 aromatic heterocycles. The molecule has 0 aromatic carbocycles. The molecule has 0 saturated carbocycles. The highest BCUT2D eigenvalue weighted by Crippen LogP contribution is 2.21. The van der Waals surface area contributed by atoms with E-state index in [0.29, 0.717) is 17.8 Å². The Morgan fingerprint density at radius 1 is 1.36 bits per heavy atom. The number of rotatable bonds is 1. The number of hydrogen-bond donors (Lipinski definition) is 0. The van der Waals surface area contributed by atoms with E-state index in [1.165, 1.54) is 0 Å². The van der Waals surface area contributed by atoms with Gasteiger partial charge in [0.1, 0.15) is 0 Å². The Morgan fingerprint density at radius 2 is 2.00 bits per heavy atom. The van der Waals surface area contributed by atoms with Gasteiger partial charge in [0.15, 0.2) is 0 Å². The normalized spacial score (nSPS) is 33.0. The summed E-state index contributed by atoms with van der Waals surface area (Å²) in [6, 6.07) is 0. The van der Waals surface area contributed by atoms with Crippen LogP contribution >= 0.6 is 0 Å². The zero-order valence-electron chi connectivity index (χ0n) is 7.83. The second kappa shape index (κ2) is 3.59. The van der Waals surface area contributed by atoms with Crippen molar-refractivity contribution in [1.29, 1.82) is 0 Å². The van der Waals surface area contributed by atoms with E-state index < -0.39 is 0 Å². The van der Waals surface area contributed by atoms with E-state index in [1.54, 1.807) is 0 Å². The van der Waals surface area contributed by atoms with Gasteiger partial charge in [0, 0.05) is 18.6 Å². The van der Waals surface area contributed by atoms with Gasteiger partial charge < -0.3 is 9.31 Å². The predicted molar refractivity (Wildman–Crippen MR) is 46.5 cm³/mol. The van der Waals surface area contributed by atoms with Crippen LogP contribution in [0.25, 0.3) is 0 Å². The quantitative estimate of drug-likeness (QED) is 0.540. The van der Waals surface area contributed by atoms with Gasteiger partial charge in [-0.3, -0.25) is 0 Å². The van der Waals surface area contributed by atoms with E-state index in [1.807, 2.05) is 0 Å². The van der Waals surface area contributed by atoms with Crippen LogP contribution < -0.4 is 0 Å². The maximum atomic E-state index is 5.64. The van der Waals surface area contributed by atoms with Crippen LogP contribution in [0.3, 0.4) is 0 Å². The molecule has 1 fully saturated rings. The molecule has 0 aliphatic carbocycles. The molecule has 11 heavy (non-hydrogen) atoms. The lowest BCUT2D eigenvalue weighted by Crippen LogP contribution is -2.41. The lowest BCUT2D eigenvalue weighted by Gasteiger charge is -2.32. The van der Waals surface area contributed by atoms with Crippen molar-refractivity contribution in [2.24, 2.45) is 5.92 Å². The highest BCUT2D eigenvalue weighted by Gasteiger charge is 2.32. The Morgan fingerprint density at radius 3 is 2.45 bits per heavy atom. The largest absolute Gasteiger partial charge is 0.459 e. The zero-order valence-corrected chi connectivity index (χ0v) is 7.83. The minimum Gasteiger partial charge on any atom is -0.411 e. The summed E-state index contributed by atoms with van der Waals surface area (Å²) in [7, 11) is 0.0150. The summed E-state index contributed by atoms with van der Waals surface area (Å²) in [6.45, 7) is 9.34. The Bertz CT molecular complexity index is 127. The van der Waals surface area contributed by atoms with Crippen molar-refractivity contribution in [3.8, 4) is 0 Å². The summed E-state index contributed by atoms with van der Waals surface area (Å²) < 4.78 is 11.1.